The second-order valence-electron chi connectivity index (χ2n) is 3.86. The van der Waals surface area contributed by atoms with Crippen LogP contribution in [0.25, 0.3) is 0 Å². The fourth-order valence-corrected chi connectivity index (χ4v) is 1.75. The second kappa shape index (κ2) is 3.82. The SMILES string of the molecule is CCCC1CC1Nc1ncncc1N. The first kappa shape index (κ1) is 9.24. The van der Waals surface area contributed by atoms with E-state index in [9.17, 15) is 0 Å². The van der Waals surface area contributed by atoms with Gasteiger partial charge in [0.1, 0.15) is 6.33 Å². The largest absolute Gasteiger partial charge is 0.394 e. The molecule has 1 heterocycles. The molecule has 3 N–H and O–H groups in total. The molecule has 0 bridgehead atoms. The summed E-state index contributed by atoms with van der Waals surface area (Å²) < 4.78 is 0. The Kier molecular flexibility index (Phi) is 2.52. The van der Waals surface area contributed by atoms with Crippen LogP contribution in [0.4, 0.5) is 11.5 Å². The molecule has 1 saturated carbocycles. The molecule has 2 atom stereocenters. The lowest BCUT2D eigenvalue weighted by atomic mass is 10.2. The van der Waals surface area contributed by atoms with Gasteiger partial charge in [0.15, 0.2) is 5.82 Å². The summed E-state index contributed by atoms with van der Waals surface area (Å²) in [4.78, 5) is 7.96. The molecule has 4 nitrogen and oxygen atoms in total. The first-order valence-electron chi connectivity index (χ1n) is 5.13. The molecule has 0 radical (unpaired) electrons. The molecule has 2 unspecified atom stereocenters. The third-order valence-corrected chi connectivity index (χ3v) is 2.64. The Hall–Kier alpha value is -1.32. The van der Waals surface area contributed by atoms with Crippen LogP contribution >= 0.6 is 0 Å². The van der Waals surface area contributed by atoms with E-state index in [-0.39, 0.29) is 0 Å². The van der Waals surface area contributed by atoms with Gasteiger partial charge in [0.25, 0.3) is 0 Å². The van der Waals surface area contributed by atoms with Crippen molar-refractivity contribution in [3.63, 3.8) is 0 Å². The smallest absolute Gasteiger partial charge is 0.152 e. The Labute approximate surface area is 83.9 Å². The summed E-state index contributed by atoms with van der Waals surface area (Å²) in [5, 5.41) is 3.34. The van der Waals surface area contributed by atoms with Gasteiger partial charge in [0, 0.05) is 6.04 Å². The molecule has 1 aromatic rings. The Morgan fingerprint density at radius 3 is 3.21 bits per heavy atom. The molecule has 0 aliphatic heterocycles. The topological polar surface area (TPSA) is 63.8 Å². The summed E-state index contributed by atoms with van der Waals surface area (Å²) in [6.45, 7) is 2.22. The van der Waals surface area contributed by atoms with E-state index in [1.165, 1.54) is 25.6 Å². The van der Waals surface area contributed by atoms with Gasteiger partial charge in [-0.3, -0.25) is 0 Å². The van der Waals surface area contributed by atoms with Crippen LogP contribution in [0.1, 0.15) is 26.2 Å². The van der Waals surface area contributed by atoms with Crippen LogP contribution in [-0.2, 0) is 0 Å². The number of anilines is 2. The number of nitrogens with two attached hydrogens (primary N) is 1. The van der Waals surface area contributed by atoms with E-state index in [1.807, 2.05) is 0 Å². The zero-order valence-electron chi connectivity index (χ0n) is 8.40. The molecule has 14 heavy (non-hydrogen) atoms. The van der Waals surface area contributed by atoms with Gasteiger partial charge in [-0.25, -0.2) is 9.97 Å². The molecular weight excluding hydrogens is 176 g/mol. The van der Waals surface area contributed by atoms with E-state index in [4.69, 9.17) is 5.73 Å². The average molecular weight is 192 g/mol. The van der Waals surface area contributed by atoms with Gasteiger partial charge in [0.2, 0.25) is 0 Å². The number of hydrogen-bond acceptors (Lipinski definition) is 4. The van der Waals surface area contributed by atoms with E-state index in [0.717, 1.165) is 11.7 Å². The van der Waals surface area contributed by atoms with E-state index >= 15 is 0 Å². The molecule has 76 valence electrons. The fraction of sp³-hybridized carbons (Fsp3) is 0.600. The monoisotopic (exact) mass is 192 g/mol. The van der Waals surface area contributed by atoms with Crippen LogP contribution in [0.2, 0.25) is 0 Å². The molecule has 1 aliphatic rings. The molecular formula is C10H16N4. The summed E-state index contributed by atoms with van der Waals surface area (Å²) >= 11 is 0. The highest BCUT2D eigenvalue weighted by Gasteiger charge is 2.36. The van der Waals surface area contributed by atoms with Crippen molar-refractivity contribution in [2.24, 2.45) is 5.92 Å². The lowest BCUT2D eigenvalue weighted by Gasteiger charge is -2.06. The van der Waals surface area contributed by atoms with Crippen molar-refractivity contribution in [1.82, 2.24) is 9.97 Å². The number of nitrogens with one attached hydrogen (secondary N) is 1. The van der Waals surface area contributed by atoms with Crippen molar-refractivity contribution in [2.75, 3.05) is 11.1 Å². The van der Waals surface area contributed by atoms with Crippen LogP contribution in [0, 0.1) is 5.92 Å². The maximum Gasteiger partial charge on any atom is 0.152 e. The quantitative estimate of drug-likeness (QED) is 0.761. The summed E-state index contributed by atoms with van der Waals surface area (Å²) in [6.07, 6.45) is 6.95. The van der Waals surface area contributed by atoms with Gasteiger partial charge in [-0.2, -0.15) is 0 Å². The van der Waals surface area contributed by atoms with Gasteiger partial charge < -0.3 is 11.1 Å². The van der Waals surface area contributed by atoms with Gasteiger partial charge in [-0.15, -0.1) is 0 Å². The fourth-order valence-electron chi connectivity index (χ4n) is 1.75. The molecule has 0 aromatic carbocycles. The minimum Gasteiger partial charge on any atom is -0.394 e. The number of nitrogen functional groups attached to an aromatic ring is 1. The van der Waals surface area contributed by atoms with Gasteiger partial charge in [0.05, 0.1) is 11.9 Å². The Morgan fingerprint density at radius 1 is 1.64 bits per heavy atom. The minimum atomic E-state index is 0.576. The highest BCUT2D eigenvalue weighted by molar-refractivity contribution is 5.60. The lowest BCUT2D eigenvalue weighted by molar-refractivity contribution is 0.692. The number of aromatic nitrogens is 2. The summed E-state index contributed by atoms with van der Waals surface area (Å²) in [7, 11) is 0. The van der Waals surface area contributed by atoms with Crippen molar-refractivity contribution in [2.45, 2.75) is 32.2 Å². The van der Waals surface area contributed by atoms with Gasteiger partial charge >= 0.3 is 0 Å². The highest BCUT2D eigenvalue weighted by atomic mass is 15.1. The molecule has 1 fully saturated rings. The minimum absolute atomic E-state index is 0.576. The second-order valence-corrected chi connectivity index (χ2v) is 3.86. The lowest BCUT2D eigenvalue weighted by Crippen LogP contribution is -2.08. The highest BCUT2D eigenvalue weighted by Crippen LogP contribution is 2.37. The zero-order chi connectivity index (χ0) is 9.97. The van der Waals surface area contributed by atoms with E-state index in [2.05, 4.69) is 22.2 Å². The van der Waals surface area contributed by atoms with Crippen LogP contribution in [0.5, 0.6) is 0 Å². The molecule has 0 amide bonds. The first-order chi connectivity index (χ1) is 6.81. The summed E-state index contributed by atoms with van der Waals surface area (Å²) in [5.74, 6) is 1.60. The van der Waals surface area contributed by atoms with Crippen molar-refractivity contribution in [3.8, 4) is 0 Å². The molecule has 0 saturated heterocycles. The molecule has 0 spiro atoms. The third-order valence-electron chi connectivity index (χ3n) is 2.64. The maximum absolute atomic E-state index is 5.73. The predicted octanol–water partition coefficient (Wildman–Crippen LogP) is 1.66. The van der Waals surface area contributed by atoms with E-state index in [0.29, 0.717) is 11.7 Å². The predicted molar refractivity (Wildman–Crippen MR) is 56.9 cm³/mol. The van der Waals surface area contributed by atoms with Crippen LogP contribution in [-0.4, -0.2) is 16.0 Å². The third kappa shape index (κ3) is 1.95. The first-order valence-corrected chi connectivity index (χ1v) is 5.13. The van der Waals surface area contributed by atoms with Crippen molar-refractivity contribution in [3.05, 3.63) is 12.5 Å². The van der Waals surface area contributed by atoms with Crippen LogP contribution in [0.15, 0.2) is 12.5 Å². The zero-order valence-corrected chi connectivity index (χ0v) is 8.40. The summed E-state index contributed by atoms with van der Waals surface area (Å²) in [5.41, 5.74) is 6.36. The number of hydrogen-bond donors (Lipinski definition) is 2. The Bertz CT molecular complexity index is 313. The van der Waals surface area contributed by atoms with Crippen molar-refractivity contribution >= 4 is 11.5 Å². The Morgan fingerprint density at radius 2 is 2.50 bits per heavy atom. The Balaban J connectivity index is 1.90. The van der Waals surface area contributed by atoms with Crippen LogP contribution in [0.3, 0.4) is 0 Å². The molecule has 2 rings (SSSR count). The normalized spacial score (nSPS) is 24.6. The van der Waals surface area contributed by atoms with Crippen molar-refractivity contribution in [1.29, 1.82) is 0 Å². The van der Waals surface area contributed by atoms with E-state index in [1.54, 1.807) is 6.20 Å². The number of nitrogens with zero attached hydrogens (tertiary/aromatic N) is 2. The molecule has 1 aromatic heterocycles. The van der Waals surface area contributed by atoms with Gasteiger partial charge in [-0.1, -0.05) is 13.3 Å². The average Bonchev–Trinajstić information content (AvgIpc) is 2.89. The molecule has 4 heteroatoms. The van der Waals surface area contributed by atoms with E-state index < -0.39 is 0 Å². The van der Waals surface area contributed by atoms with Gasteiger partial charge in [-0.05, 0) is 18.8 Å². The molecule has 1 aliphatic carbocycles. The summed E-state index contributed by atoms with van der Waals surface area (Å²) in [6, 6.07) is 0.576. The van der Waals surface area contributed by atoms with Crippen molar-refractivity contribution < 1.29 is 0 Å². The standard InChI is InChI=1S/C10H16N4/c1-2-3-7-4-9(7)14-10-8(11)5-12-6-13-10/h5-7,9H,2-4,11H2,1H3,(H,12,13,14). The number of rotatable bonds is 4. The van der Waals surface area contributed by atoms with Crippen LogP contribution < -0.4 is 11.1 Å². The maximum atomic E-state index is 5.73.